The highest BCUT2D eigenvalue weighted by molar-refractivity contribution is 6.30. The Morgan fingerprint density at radius 3 is 2.60 bits per heavy atom. The maximum Gasteiger partial charge on any atom is 0.262 e. The molecule has 4 rings (SSSR count). The van der Waals surface area contributed by atoms with Crippen LogP contribution in [0.15, 0.2) is 75.9 Å². The summed E-state index contributed by atoms with van der Waals surface area (Å²) < 4.78 is 7.03. The number of carbonyl (C=O) groups is 1. The third-order valence-corrected chi connectivity index (χ3v) is 6.02. The molecule has 3 heterocycles. The Kier molecular flexibility index (Phi) is 6.75. The monoisotopic (exact) mass is 491 g/mol. The number of nitrogens with two attached hydrogens (primary N) is 1. The Bertz CT molecular complexity index is 1380. The van der Waals surface area contributed by atoms with Crippen LogP contribution in [-0.4, -0.2) is 27.8 Å². The predicted octanol–water partition coefficient (Wildman–Crippen LogP) is 4.23. The molecular weight excluding hydrogens is 466 g/mol. The first-order valence-electron chi connectivity index (χ1n) is 11.1. The first-order chi connectivity index (χ1) is 16.7. The molecule has 1 aliphatic rings. The minimum absolute atomic E-state index is 0.137. The van der Waals surface area contributed by atoms with Gasteiger partial charge >= 0.3 is 0 Å². The van der Waals surface area contributed by atoms with Crippen molar-refractivity contribution >= 4 is 34.6 Å². The average molecular weight is 492 g/mol. The van der Waals surface area contributed by atoms with E-state index in [1.165, 1.54) is 4.57 Å². The van der Waals surface area contributed by atoms with Crippen LogP contribution < -0.4 is 20.9 Å². The van der Waals surface area contributed by atoms with Gasteiger partial charge in [-0.05, 0) is 56.7 Å². The van der Waals surface area contributed by atoms with Gasteiger partial charge < -0.3 is 15.0 Å². The van der Waals surface area contributed by atoms with Crippen LogP contribution in [0.3, 0.4) is 0 Å². The van der Waals surface area contributed by atoms with Gasteiger partial charge in [-0.25, -0.2) is 9.98 Å². The molecule has 1 aliphatic heterocycles. The number of benzene rings is 1. The van der Waals surface area contributed by atoms with Gasteiger partial charge in [0.05, 0.1) is 29.3 Å². The van der Waals surface area contributed by atoms with E-state index in [9.17, 15) is 9.59 Å². The molecule has 1 atom stereocenters. The second kappa shape index (κ2) is 9.76. The summed E-state index contributed by atoms with van der Waals surface area (Å²) in [6.45, 7) is 5.74. The van der Waals surface area contributed by atoms with Crippen LogP contribution in [0.2, 0.25) is 5.02 Å². The van der Waals surface area contributed by atoms with E-state index in [-0.39, 0.29) is 11.5 Å². The number of aliphatic imine (C=N–C) groups is 1. The van der Waals surface area contributed by atoms with Crippen molar-refractivity contribution in [2.75, 3.05) is 11.5 Å². The van der Waals surface area contributed by atoms with Gasteiger partial charge in [0.1, 0.15) is 11.7 Å². The zero-order valence-electron chi connectivity index (χ0n) is 19.9. The van der Waals surface area contributed by atoms with Gasteiger partial charge in [0.25, 0.3) is 11.5 Å². The van der Waals surface area contributed by atoms with Crippen LogP contribution in [0.1, 0.15) is 31.0 Å². The third kappa shape index (κ3) is 4.57. The first kappa shape index (κ1) is 24.2. The van der Waals surface area contributed by atoms with Crippen LogP contribution in [0, 0.1) is 6.92 Å². The van der Waals surface area contributed by atoms with Crippen molar-refractivity contribution in [2.45, 2.75) is 26.8 Å². The standard InChI is InChI=1S/C26H26ClN5O3/c1-5-35-24-20(7-6-12-29-24)30-16(3)21-22(28)23(17-8-10-18(27)11-9-17)32(26(21)34)19-13-15(2)25(33)31(4)14-19/h6-14,23H,5,28H2,1-4H3. The van der Waals surface area contributed by atoms with Crippen molar-refractivity contribution in [3.8, 4) is 5.88 Å². The molecule has 0 spiro atoms. The molecule has 9 heteroatoms. The molecule has 0 saturated carbocycles. The summed E-state index contributed by atoms with van der Waals surface area (Å²) in [7, 11) is 1.65. The number of amides is 1. The molecule has 180 valence electrons. The average Bonchev–Trinajstić information content (AvgIpc) is 3.09. The molecule has 0 radical (unpaired) electrons. The van der Waals surface area contributed by atoms with Gasteiger partial charge in [0, 0.05) is 30.0 Å². The van der Waals surface area contributed by atoms with Crippen molar-refractivity contribution in [3.63, 3.8) is 0 Å². The van der Waals surface area contributed by atoms with Crippen LogP contribution in [0.4, 0.5) is 11.4 Å². The van der Waals surface area contributed by atoms with Gasteiger partial charge in [-0.1, -0.05) is 23.7 Å². The van der Waals surface area contributed by atoms with Gasteiger partial charge in [-0.3, -0.25) is 14.5 Å². The highest BCUT2D eigenvalue weighted by Crippen LogP contribution is 2.40. The lowest BCUT2D eigenvalue weighted by Gasteiger charge is -2.27. The molecule has 35 heavy (non-hydrogen) atoms. The van der Waals surface area contributed by atoms with Gasteiger partial charge in [0.15, 0.2) is 0 Å². The molecule has 1 aromatic carbocycles. The SMILES string of the molecule is CCOc1ncccc1N=C(C)C1=C(N)C(c2ccc(Cl)cc2)N(c2cc(C)c(=O)n(C)c2)C1=O. The molecule has 0 bridgehead atoms. The van der Waals surface area contributed by atoms with E-state index >= 15 is 0 Å². The normalized spacial score (nSPS) is 16.3. The second-order valence-electron chi connectivity index (χ2n) is 8.21. The highest BCUT2D eigenvalue weighted by Gasteiger charge is 2.41. The number of aryl methyl sites for hydroxylation is 2. The van der Waals surface area contributed by atoms with E-state index in [1.807, 2.05) is 19.1 Å². The molecule has 1 unspecified atom stereocenters. The summed E-state index contributed by atoms with van der Waals surface area (Å²) in [6, 6.07) is 11.8. The quantitative estimate of drug-likeness (QED) is 0.520. The number of carbonyl (C=O) groups excluding carboxylic acids is 1. The number of halogens is 1. The molecule has 8 nitrogen and oxygen atoms in total. The van der Waals surface area contributed by atoms with Crippen LogP contribution in [0.25, 0.3) is 0 Å². The van der Waals surface area contributed by atoms with E-state index < -0.39 is 6.04 Å². The van der Waals surface area contributed by atoms with E-state index in [2.05, 4.69) is 9.98 Å². The van der Waals surface area contributed by atoms with Crippen molar-refractivity contribution in [2.24, 2.45) is 17.8 Å². The number of hydrogen-bond donors (Lipinski definition) is 1. The van der Waals surface area contributed by atoms with Crippen LogP contribution in [0.5, 0.6) is 5.88 Å². The zero-order chi connectivity index (χ0) is 25.3. The second-order valence-corrected chi connectivity index (χ2v) is 8.65. The molecule has 0 saturated heterocycles. The Morgan fingerprint density at radius 1 is 1.23 bits per heavy atom. The van der Waals surface area contributed by atoms with E-state index in [4.69, 9.17) is 22.1 Å². The van der Waals surface area contributed by atoms with E-state index in [0.29, 0.717) is 51.4 Å². The van der Waals surface area contributed by atoms with Gasteiger partial charge in [-0.2, -0.15) is 0 Å². The lowest BCUT2D eigenvalue weighted by molar-refractivity contribution is -0.114. The Labute approximate surface area is 208 Å². The number of aromatic nitrogens is 2. The largest absolute Gasteiger partial charge is 0.476 e. The zero-order valence-corrected chi connectivity index (χ0v) is 20.7. The van der Waals surface area contributed by atoms with Crippen LogP contribution in [-0.2, 0) is 11.8 Å². The molecule has 2 aromatic heterocycles. The summed E-state index contributed by atoms with van der Waals surface area (Å²) in [4.78, 5) is 36.6. The van der Waals surface area contributed by atoms with Crippen LogP contribution >= 0.6 is 11.6 Å². The fourth-order valence-corrected chi connectivity index (χ4v) is 4.31. The number of ether oxygens (including phenoxy) is 1. The Balaban J connectivity index is 1.87. The summed E-state index contributed by atoms with van der Waals surface area (Å²) in [5, 5.41) is 0.572. The maximum absolute atomic E-state index is 13.9. The number of rotatable bonds is 6. The summed E-state index contributed by atoms with van der Waals surface area (Å²) in [5.74, 6) is 0.0577. The van der Waals surface area contributed by atoms with Crippen molar-refractivity contribution < 1.29 is 9.53 Å². The fourth-order valence-electron chi connectivity index (χ4n) is 4.18. The molecule has 0 fully saturated rings. The summed E-state index contributed by atoms with van der Waals surface area (Å²) in [5.41, 5.74) is 9.95. The maximum atomic E-state index is 13.9. The Hall–Kier alpha value is -3.91. The lowest BCUT2D eigenvalue weighted by Crippen LogP contribution is -2.33. The van der Waals surface area contributed by atoms with E-state index in [1.54, 1.807) is 68.5 Å². The first-order valence-corrected chi connectivity index (χ1v) is 11.5. The number of nitrogens with zero attached hydrogens (tertiary/aromatic N) is 4. The fraction of sp³-hybridized carbons (Fsp3) is 0.231. The highest BCUT2D eigenvalue weighted by atomic mass is 35.5. The topological polar surface area (TPSA) is 103 Å². The summed E-state index contributed by atoms with van der Waals surface area (Å²) in [6.07, 6.45) is 3.25. The number of pyridine rings is 2. The molecule has 2 N–H and O–H groups in total. The number of hydrogen-bond acceptors (Lipinski definition) is 6. The molecular formula is C26H26ClN5O3. The van der Waals surface area contributed by atoms with E-state index in [0.717, 1.165) is 5.56 Å². The van der Waals surface area contributed by atoms with Gasteiger partial charge in [0.2, 0.25) is 5.88 Å². The van der Waals surface area contributed by atoms with Crippen molar-refractivity contribution in [1.82, 2.24) is 9.55 Å². The predicted molar refractivity (Wildman–Crippen MR) is 137 cm³/mol. The van der Waals surface area contributed by atoms with Gasteiger partial charge in [-0.15, -0.1) is 0 Å². The minimum Gasteiger partial charge on any atom is -0.476 e. The molecule has 1 amide bonds. The van der Waals surface area contributed by atoms with Crippen molar-refractivity contribution in [1.29, 1.82) is 0 Å². The molecule has 3 aromatic rings. The Morgan fingerprint density at radius 2 is 1.94 bits per heavy atom. The molecule has 0 aliphatic carbocycles. The van der Waals surface area contributed by atoms with Crippen molar-refractivity contribution in [3.05, 3.63) is 92.6 Å². The lowest BCUT2D eigenvalue weighted by atomic mass is 10.0. The third-order valence-electron chi connectivity index (χ3n) is 5.77. The minimum atomic E-state index is -0.600. The number of anilines is 1. The summed E-state index contributed by atoms with van der Waals surface area (Å²) >= 11 is 6.11. The smallest absolute Gasteiger partial charge is 0.262 e.